The number of carboxylic acids is 1. The number of benzene rings is 2. The molecule has 8 nitrogen and oxygen atoms in total. The highest BCUT2D eigenvalue weighted by Gasteiger charge is 2.49. The second kappa shape index (κ2) is 9.46. The number of carbonyl (C=O) groups excluding carboxylic acids is 2. The van der Waals surface area contributed by atoms with Gasteiger partial charge in [-0.05, 0) is 62.0 Å². The second-order valence-corrected chi connectivity index (χ2v) is 9.55. The van der Waals surface area contributed by atoms with Crippen molar-refractivity contribution in [1.29, 1.82) is 0 Å². The molecule has 3 N–H and O–H groups in total. The molecule has 2 aliphatic carbocycles. The predicted molar refractivity (Wildman–Crippen MR) is 127 cm³/mol. The first kappa shape index (κ1) is 23.8. The lowest BCUT2D eigenvalue weighted by atomic mass is 9.94. The van der Waals surface area contributed by atoms with Crippen LogP contribution in [0.25, 0.3) is 11.1 Å². The lowest BCUT2D eigenvalue weighted by molar-refractivity contribution is -0.143. The Balaban J connectivity index is 1.44. The molecule has 0 bridgehead atoms. The Morgan fingerprint density at radius 2 is 1.62 bits per heavy atom. The number of amides is 2. The summed E-state index contributed by atoms with van der Waals surface area (Å²) in [6, 6.07) is 15.1. The van der Waals surface area contributed by atoms with Gasteiger partial charge in [0.1, 0.15) is 18.2 Å². The number of hydrogen-bond acceptors (Lipinski definition) is 5. The average molecular weight is 466 g/mol. The molecule has 2 aliphatic rings. The molecule has 0 spiro atoms. The zero-order valence-corrected chi connectivity index (χ0v) is 19.7. The Kier molecular flexibility index (Phi) is 6.61. The van der Waals surface area contributed by atoms with E-state index in [-0.39, 0.29) is 25.0 Å². The molecule has 1 unspecified atom stereocenters. The number of nitrogens with one attached hydrogen (secondary N) is 2. The molecular weight excluding hydrogens is 434 g/mol. The van der Waals surface area contributed by atoms with Crippen molar-refractivity contribution in [2.24, 2.45) is 5.92 Å². The minimum atomic E-state index is -1.25. The van der Waals surface area contributed by atoms with E-state index in [1.54, 1.807) is 25.9 Å². The van der Waals surface area contributed by atoms with Gasteiger partial charge in [0.05, 0.1) is 0 Å². The number of rotatable bonds is 9. The Morgan fingerprint density at radius 3 is 2.12 bits per heavy atom. The Hall–Kier alpha value is -3.39. The fraction of sp³-hybridized carbons (Fsp3) is 0.423. The van der Waals surface area contributed by atoms with Gasteiger partial charge in [0.15, 0.2) is 0 Å². The first-order chi connectivity index (χ1) is 16.2. The maximum atomic E-state index is 13.1. The first-order valence-corrected chi connectivity index (χ1v) is 11.5. The average Bonchev–Trinajstić information content (AvgIpc) is 3.61. The van der Waals surface area contributed by atoms with Crippen LogP contribution >= 0.6 is 0 Å². The van der Waals surface area contributed by atoms with E-state index in [2.05, 4.69) is 22.8 Å². The highest BCUT2D eigenvalue weighted by atomic mass is 16.5. The number of carboxylic acid groups (broad SMARTS) is 1. The van der Waals surface area contributed by atoms with Gasteiger partial charge in [-0.2, -0.15) is 0 Å². The number of fused-ring (bicyclic) bond motifs is 3. The minimum absolute atomic E-state index is 0.0678. The molecule has 0 saturated heterocycles. The van der Waals surface area contributed by atoms with Gasteiger partial charge in [-0.1, -0.05) is 48.5 Å². The lowest BCUT2D eigenvalue weighted by Gasteiger charge is -2.31. The third-order valence-electron chi connectivity index (χ3n) is 6.72. The van der Waals surface area contributed by atoms with Crippen LogP contribution in [0.2, 0.25) is 0 Å². The van der Waals surface area contributed by atoms with Crippen molar-refractivity contribution in [3.8, 4) is 11.1 Å². The van der Waals surface area contributed by atoms with Crippen molar-refractivity contribution in [2.45, 2.75) is 37.3 Å². The van der Waals surface area contributed by atoms with E-state index in [0.29, 0.717) is 0 Å². The molecule has 8 heteroatoms. The van der Waals surface area contributed by atoms with E-state index >= 15 is 0 Å². The molecule has 180 valence electrons. The summed E-state index contributed by atoms with van der Waals surface area (Å²) in [5.41, 5.74) is 3.23. The second-order valence-electron chi connectivity index (χ2n) is 9.55. The van der Waals surface area contributed by atoms with E-state index in [9.17, 15) is 19.5 Å². The van der Waals surface area contributed by atoms with Crippen molar-refractivity contribution in [3.05, 3.63) is 59.7 Å². The zero-order chi connectivity index (χ0) is 24.5. The van der Waals surface area contributed by atoms with Gasteiger partial charge >= 0.3 is 12.1 Å². The van der Waals surface area contributed by atoms with Crippen LogP contribution < -0.4 is 10.6 Å². The van der Waals surface area contributed by atoms with Crippen LogP contribution in [0.15, 0.2) is 48.5 Å². The fourth-order valence-electron chi connectivity index (χ4n) is 4.71. The molecular formula is C26H31N3O5. The largest absolute Gasteiger partial charge is 0.480 e. The van der Waals surface area contributed by atoms with Crippen LogP contribution in [-0.4, -0.2) is 66.8 Å². The minimum Gasteiger partial charge on any atom is -0.480 e. The number of aliphatic carboxylic acids is 1. The molecule has 1 fully saturated rings. The quantitative estimate of drug-likeness (QED) is 0.526. The predicted octanol–water partition coefficient (Wildman–Crippen LogP) is 2.82. The molecule has 1 saturated carbocycles. The summed E-state index contributed by atoms with van der Waals surface area (Å²) in [7, 11) is 3.47. The lowest BCUT2D eigenvalue weighted by Crippen LogP contribution is -2.62. The summed E-state index contributed by atoms with van der Waals surface area (Å²) >= 11 is 0. The van der Waals surface area contributed by atoms with E-state index < -0.39 is 29.6 Å². The van der Waals surface area contributed by atoms with Gasteiger partial charge in [0.2, 0.25) is 5.91 Å². The van der Waals surface area contributed by atoms with Gasteiger partial charge in [-0.3, -0.25) is 4.79 Å². The number of nitrogens with zero attached hydrogens (tertiary/aromatic N) is 1. The third kappa shape index (κ3) is 4.77. The molecule has 2 aromatic rings. The van der Waals surface area contributed by atoms with Gasteiger partial charge in [0, 0.05) is 12.5 Å². The number of alkyl carbamates (subject to hydrolysis) is 1. The molecule has 0 aromatic heterocycles. The van der Waals surface area contributed by atoms with E-state index in [1.165, 1.54) is 0 Å². The van der Waals surface area contributed by atoms with Crippen molar-refractivity contribution in [2.75, 3.05) is 27.2 Å². The van der Waals surface area contributed by atoms with Crippen LogP contribution in [0, 0.1) is 5.92 Å². The molecule has 2 aromatic carbocycles. The van der Waals surface area contributed by atoms with Crippen molar-refractivity contribution >= 4 is 18.0 Å². The van der Waals surface area contributed by atoms with Gasteiger partial charge in [-0.25, -0.2) is 9.59 Å². The Bertz CT molecular complexity index is 1050. The fourth-order valence-corrected chi connectivity index (χ4v) is 4.71. The number of ether oxygens (including phenoxy) is 1. The zero-order valence-electron chi connectivity index (χ0n) is 19.7. The highest BCUT2D eigenvalue weighted by Crippen LogP contribution is 2.44. The molecule has 0 aliphatic heterocycles. The standard InChI is InChI=1S/C26H31N3O5/c1-26(16-12-13-16,24(32)27-22(23(30)31)14-29(2)3)28-25(33)34-15-21-19-10-6-4-8-17(19)18-9-5-7-11-20(18)21/h4-11,16,21-22H,12-15H2,1-3H3,(H,27,32)(H,28,33)(H,30,31)/t22-,26?/m0/s1. The summed E-state index contributed by atoms with van der Waals surface area (Å²) in [5, 5.41) is 14.8. The SMILES string of the molecule is CN(C)C[C@H](NC(=O)C(C)(NC(=O)OCC1c2ccccc2-c2ccccc21)C1CC1)C(=O)O. The van der Waals surface area contributed by atoms with Crippen molar-refractivity contribution in [3.63, 3.8) is 0 Å². The summed E-state index contributed by atoms with van der Waals surface area (Å²) < 4.78 is 5.63. The number of likely N-dealkylation sites (N-methyl/N-ethyl adjacent to an activating group) is 1. The molecule has 2 amide bonds. The Morgan fingerprint density at radius 1 is 1.06 bits per heavy atom. The summed E-state index contributed by atoms with van der Waals surface area (Å²) in [6.07, 6.45) is 0.865. The van der Waals surface area contributed by atoms with E-state index in [0.717, 1.165) is 35.1 Å². The monoisotopic (exact) mass is 465 g/mol. The maximum absolute atomic E-state index is 13.1. The van der Waals surface area contributed by atoms with Crippen LogP contribution in [0.3, 0.4) is 0 Å². The molecule has 4 rings (SSSR count). The molecule has 0 heterocycles. The molecule has 0 radical (unpaired) electrons. The summed E-state index contributed by atoms with van der Waals surface area (Å²) in [4.78, 5) is 39.2. The number of hydrogen-bond donors (Lipinski definition) is 3. The first-order valence-electron chi connectivity index (χ1n) is 11.5. The highest BCUT2D eigenvalue weighted by molar-refractivity contribution is 5.93. The normalized spacial score (nSPS) is 17.3. The van der Waals surface area contributed by atoms with Gasteiger partial charge < -0.3 is 25.4 Å². The molecule has 2 atom stereocenters. The maximum Gasteiger partial charge on any atom is 0.408 e. The van der Waals surface area contributed by atoms with Crippen molar-refractivity contribution < 1.29 is 24.2 Å². The third-order valence-corrected chi connectivity index (χ3v) is 6.72. The Labute approximate surface area is 199 Å². The van der Waals surface area contributed by atoms with Crippen LogP contribution in [-0.2, 0) is 14.3 Å². The summed E-state index contributed by atoms with van der Waals surface area (Å²) in [6.45, 7) is 1.92. The summed E-state index contributed by atoms with van der Waals surface area (Å²) in [5.74, 6) is -1.79. The number of carbonyl (C=O) groups is 3. The van der Waals surface area contributed by atoms with Crippen LogP contribution in [0.5, 0.6) is 0 Å². The topological polar surface area (TPSA) is 108 Å². The van der Waals surface area contributed by atoms with Crippen molar-refractivity contribution in [1.82, 2.24) is 15.5 Å². The van der Waals surface area contributed by atoms with Crippen LogP contribution in [0.4, 0.5) is 4.79 Å². The van der Waals surface area contributed by atoms with E-state index in [1.807, 2.05) is 36.4 Å². The van der Waals surface area contributed by atoms with Gasteiger partial charge in [-0.15, -0.1) is 0 Å². The van der Waals surface area contributed by atoms with Gasteiger partial charge in [0.25, 0.3) is 0 Å². The molecule has 34 heavy (non-hydrogen) atoms. The van der Waals surface area contributed by atoms with E-state index in [4.69, 9.17) is 4.74 Å². The van der Waals surface area contributed by atoms with Crippen LogP contribution in [0.1, 0.15) is 36.8 Å². The smallest absolute Gasteiger partial charge is 0.408 e.